The molecule has 0 aliphatic carbocycles. The van der Waals surface area contributed by atoms with Gasteiger partial charge in [-0.05, 0) is 73.4 Å². The molecule has 6 heteroatoms. The molecule has 0 spiro atoms. The number of nitrogens with zero attached hydrogens (tertiary/aromatic N) is 1. The van der Waals surface area contributed by atoms with Gasteiger partial charge in [-0.2, -0.15) is 0 Å². The van der Waals surface area contributed by atoms with E-state index in [0.717, 1.165) is 22.4 Å². The topological polar surface area (TPSA) is 66.5 Å². The molecule has 3 aromatic carbocycles. The molecule has 0 aromatic heterocycles. The van der Waals surface area contributed by atoms with Gasteiger partial charge in [0.2, 0.25) is 0 Å². The summed E-state index contributed by atoms with van der Waals surface area (Å²) in [6.45, 7) is 4.33. The second kappa shape index (κ2) is 7.37. The number of benzene rings is 3. The maximum atomic E-state index is 12.9. The highest BCUT2D eigenvalue weighted by Crippen LogP contribution is 2.32. The van der Waals surface area contributed by atoms with Crippen molar-refractivity contribution in [3.05, 3.63) is 89.0 Å². The summed E-state index contributed by atoms with van der Waals surface area (Å²) in [4.78, 5) is 14.7. The summed E-state index contributed by atoms with van der Waals surface area (Å²) in [6, 6.07) is 19.7. The van der Waals surface area contributed by atoms with Crippen molar-refractivity contribution in [3.8, 4) is 0 Å². The van der Waals surface area contributed by atoms with E-state index in [9.17, 15) is 13.2 Å². The number of sulfonamides is 1. The normalized spacial score (nSPS) is 13.2. The predicted octanol–water partition coefficient (Wildman–Crippen LogP) is 4.31. The number of carbonyl (C=O) groups is 1. The van der Waals surface area contributed by atoms with Crippen LogP contribution in [0, 0.1) is 13.8 Å². The van der Waals surface area contributed by atoms with Gasteiger partial charge >= 0.3 is 0 Å². The highest BCUT2D eigenvalue weighted by molar-refractivity contribution is 7.92. The Hall–Kier alpha value is -3.12. The minimum Gasteiger partial charge on any atom is -0.308 e. The van der Waals surface area contributed by atoms with Crippen LogP contribution in [0.3, 0.4) is 0 Å². The summed E-state index contributed by atoms with van der Waals surface area (Å²) in [5, 5.41) is 0. The summed E-state index contributed by atoms with van der Waals surface area (Å²) in [5.74, 6) is -0.0755. The van der Waals surface area contributed by atoms with E-state index in [0.29, 0.717) is 24.2 Å². The van der Waals surface area contributed by atoms with Gasteiger partial charge in [-0.15, -0.1) is 0 Å². The highest BCUT2D eigenvalue weighted by atomic mass is 32.2. The minimum atomic E-state index is -3.72. The van der Waals surface area contributed by atoms with Crippen molar-refractivity contribution in [2.75, 3.05) is 16.2 Å². The Morgan fingerprint density at radius 1 is 0.966 bits per heavy atom. The molecule has 0 bridgehead atoms. The molecule has 0 saturated carbocycles. The Bertz CT molecular complexity index is 1190. The molecule has 1 aliphatic rings. The smallest absolute Gasteiger partial charge is 0.261 e. The van der Waals surface area contributed by atoms with Crippen LogP contribution in [0.5, 0.6) is 0 Å². The lowest BCUT2D eigenvalue weighted by atomic mass is 10.1. The van der Waals surface area contributed by atoms with Crippen molar-refractivity contribution in [2.45, 2.75) is 25.2 Å². The molecule has 0 unspecified atom stereocenters. The summed E-state index contributed by atoms with van der Waals surface area (Å²) < 4.78 is 28.5. The molecule has 1 amide bonds. The second-order valence-corrected chi connectivity index (χ2v) is 8.97. The molecule has 0 saturated heterocycles. The number of carbonyl (C=O) groups excluding carboxylic acids is 1. The fourth-order valence-corrected chi connectivity index (χ4v) is 4.71. The van der Waals surface area contributed by atoms with Gasteiger partial charge in [0.1, 0.15) is 0 Å². The lowest BCUT2D eigenvalue weighted by molar-refractivity contribution is 0.0989. The van der Waals surface area contributed by atoms with Gasteiger partial charge in [0, 0.05) is 17.8 Å². The number of anilines is 2. The van der Waals surface area contributed by atoms with E-state index in [-0.39, 0.29) is 10.8 Å². The van der Waals surface area contributed by atoms with Crippen molar-refractivity contribution in [3.63, 3.8) is 0 Å². The number of amides is 1. The van der Waals surface area contributed by atoms with Gasteiger partial charge in [0.05, 0.1) is 10.6 Å². The zero-order valence-corrected chi connectivity index (χ0v) is 17.2. The molecule has 1 heterocycles. The van der Waals surface area contributed by atoms with Crippen LogP contribution in [-0.4, -0.2) is 20.9 Å². The fourth-order valence-electron chi connectivity index (χ4n) is 3.54. The predicted molar refractivity (Wildman–Crippen MR) is 115 cm³/mol. The molecule has 29 heavy (non-hydrogen) atoms. The third kappa shape index (κ3) is 3.76. The molecule has 3 aromatic rings. The summed E-state index contributed by atoms with van der Waals surface area (Å²) in [5.41, 5.74) is 4.67. The molecule has 0 fully saturated rings. The van der Waals surface area contributed by atoms with Crippen LogP contribution in [0.4, 0.5) is 11.4 Å². The quantitative estimate of drug-likeness (QED) is 0.702. The third-order valence-electron chi connectivity index (χ3n) is 5.16. The minimum absolute atomic E-state index is 0.0755. The Labute approximate surface area is 171 Å². The average Bonchev–Trinajstić information content (AvgIpc) is 3.14. The first-order valence-corrected chi connectivity index (χ1v) is 10.9. The zero-order chi connectivity index (χ0) is 20.6. The highest BCUT2D eigenvalue weighted by Gasteiger charge is 2.27. The molecule has 5 nitrogen and oxygen atoms in total. The van der Waals surface area contributed by atoms with Crippen LogP contribution < -0.4 is 9.62 Å². The lowest BCUT2D eigenvalue weighted by Crippen LogP contribution is -2.28. The first kappa shape index (κ1) is 19.2. The molecular formula is C23H22N2O3S. The lowest BCUT2D eigenvalue weighted by Gasteiger charge is -2.18. The van der Waals surface area contributed by atoms with Gasteiger partial charge in [0.25, 0.3) is 15.9 Å². The summed E-state index contributed by atoms with van der Waals surface area (Å²) in [6.07, 6.45) is 0.626. The van der Waals surface area contributed by atoms with Gasteiger partial charge < -0.3 is 4.90 Å². The van der Waals surface area contributed by atoms with Crippen LogP contribution in [0.25, 0.3) is 0 Å². The molecule has 0 atom stereocenters. The number of hydrogen-bond donors (Lipinski definition) is 1. The Kier molecular flexibility index (Phi) is 4.88. The fraction of sp³-hybridized carbons (Fsp3) is 0.174. The van der Waals surface area contributed by atoms with Crippen LogP contribution in [0.1, 0.15) is 27.0 Å². The number of fused-ring (bicyclic) bond motifs is 1. The van der Waals surface area contributed by atoms with E-state index in [2.05, 4.69) is 4.72 Å². The molecule has 1 aliphatic heterocycles. The Morgan fingerprint density at radius 2 is 1.72 bits per heavy atom. The molecule has 148 valence electrons. The van der Waals surface area contributed by atoms with Crippen LogP contribution in [0.15, 0.2) is 71.6 Å². The average molecular weight is 407 g/mol. The van der Waals surface area contributed by atoms with Gasteiger partial charge in [0.15, 0.2) is 0 Å². The number of hydrogen-bond acceptors (Lipinski definition) is 3. The number of nitrogens with one attached hydrogen (secondary N) is 1. The summed E-state index contributed by atoms with van der Waals surface area (Å²) >= 11 is 0. The zero-order valence-electron chi connectivity index (χ0n) is 16.3. The van der Waals surface area contributed by atoms with Crippen molar-refractivity contribution < 1.29 is 13.2 Å². The monoisotopic (exact) mass is 406 g/mol. The molecular weight excluding hydrogens is 384 g/mol. The van der Waals surface area contributed by atoms with Crippen molar-refractivity contribution in [1.29, 1.82) is 0 Å². The van der Waals surface area contributed by atoms with Crippen LogP contribution in [-0.2, 0) is 16.4 Å². The van der Waals surface area contributed by atoms with Crippen molar-refractivity contribution in [1.82, 2.24) is 0 Å². The first-order chi connectivity index (χ1) is 13.8. The van der Waals surface area contributed by atoms with Crippen LogP contribution in [0.2, 0.25) is 0 Å². The van der Waals surface area contributed by atoms with E-state index in [1.165, 1.54) is 0 Å². The molecule has 1 N–H and O–H groups in total. The number of aryl methyl sites for hydroxylation is 2. The number of rotatable bonds is 4. The van der Waals surface area contributed by atoms with E-state index >= 15 is 0 Å². The molecule has 0 radical (unpaired) electrons. The van der Waals surface area contributed by atoms with Crippen LogP contribution >= 0.6 is 0 Å². The Balaban J connectivity index is 1.62. The second-order valence-electron chi connectivity index (χ2n) is 7.29. The van der Waals surface area contributed by atoms with Crippen molar-refractivity contribution >= 4 is 27.3 Å². The first-order valence-electron chi connectivity index (χ1n) is 9.45. The maximum Gasteiger partial charge on any atom is 0.261 e. The maximum absolute atomic E-state index is 12.9. The van der Waals surface area contributed by atoms with Gasteiger partial charge in [-0.3, -0.25) is 9.52 Å². The summed E-state index contributed by atoms with van der Waals surface area (Å²) in [7, 11) is -3.72. The largest absolute Gasteiger partial charge is 0.308 e. The standard InChI is InChI=1S/C23H22N2O3S/c1-16-8-9-17(2)21(14-16)24-29(27,28)20-10-11-22-19(15-20)12-13-25(22)23(26)18-6-4-3-5-7-18/h3-11,14-15,24H,12-13H2,1-2H3. The van der Waals surface area contributed by atoms with Gasteiger partial charge in [-0.25, -0.2) is 8.42 Å². The SMILES string of the molecule is Cc1ccc(C)c(NS(=O)(=O)c2ccc3c(c2)CCN3C(=O)c2ccccc2)c1. The van der Waals surface area contributed by atoms with E-state index in [1.54, 1.807) is 35.2 Å². The van der Waals surface area contributed by atoms with E-state index < -0.39 is 10.0 Å². The van der Waals surface area contributed by atoms with E-state index in [4.69, 9.17) is 0 Å². The third-order valence-corrected chi connectivity index (χ3v) is 6.52. The van der Waals surface area contributed by atoms with Gasteiger partial charge in [-0.1, -0.05) is 30.3 Å². The van der Waals surface area contributed by atoms with Crippen molar-refractivity contribution in [2.24, 2.45) is 0 Å². The Morgan fingerprint density at radius 3 is 2.48 bits per heavy atom. The van der Waals surface area contributed by atoms with E-state index in [1.807, 2.05) is 50.2 Å². The molecule has 4 rings (SSSR count).